The number of benzene rings is 2. The first-order chi connectivity index (χ1) is 16.5. The second-order valence-corrected chi connectivity index (χ2v) is 8.70. The van der Waals surface area contributed by atoms with Crippen molar-refractivity contribution in [2.24, 2.45) is 0 Å². The van der Waals surface area contributed by atoms with Gasteiger partial charge in [0.2, 0.25) is 0 Å². The Morgan fingerprint density at radius 2 is 1.65 bits per heavy atom. The Bertz CT molecular complexity index is 1100. The number of amides is 1. The number of ether oxygens (including phenoxy) is 2. The highest BCUT2D eigenvalue weighted by Gasteiger charge is 2.21. The molecule has 0 fully saturated rings. The summed E-state index contributed by atoms with van der Waals surface area (Å²) in [6.45, 7) is 12.0. The third-order valence-corrected chi connectivity index (χ3v) is 6.27. The summed E-state index contributed by atoms with van der Waals surface area (Å²) in [6, 6.07) is 16.0. The normalized spacial score (nSPS) is 13.8. The summed E-state index contributed by atoms with van der Waals surface area (Å²) >= 11 is 0. The lowest BCUT2D eigenvalue weighted by Gasteiger charge is -2.30. The lowest BCUT2D eigenvalue weighted by Crippen LogP contribution is -2.38. The van der Waals surface area contributed by atoms with Gasteiger partial charge in [-0.25, -0.2) is 0 Å². The van der Waals surface area contributed by atoms with Crippen molar-refractivity contribution in [1.82, 2.24) is 15.4 Å². The smallest absolute Gasteiger partial charge is 0.273 e. The van der Waals surface area contributed by atoms with E-state index in [1.165, 1.54) is 11.1 Å². The number of carbonyl (C=O) groups excluding carboxylic acids is 1. The molecule has 7 nitrogen and oxygen atoms in total. The largest absolute Gasteiger partial charge is 0.486 e. The highest BCUT2D eigenvalue weighted by atomic mass is 16.6. The third-order valence-electron chi connectivity index (χ3n) is 6.27. The minimum absolute atomic E-state index is 0.0735. The molecule has 0 unspecified atom stereocenters. The zero-order valence-electron chi connectivity index (χ0n) is 20.3. The summed E-state index contributed by atoms with van der Waals surface area (Å²) in [7, 11) is 0. The quantitative estimate of drug-likeness (QED) is 0.479. The van der Waals surface area contributed by atoms with Crippen LogP contribution in [-0.4, -0.2) is 48.8 Å². The van der Waals surface area contributed by atoms with Gasteiger partial charge in [0.25, 0.3) is 5.91 Å². The molecule has 1 amide bonds. The van der Waals surface area contributed by atoms with Crippen molar-refractivity contribution >= 4 is 5.91 Å². The first kappa shape index (κ1) is 23.8. The molecule has 180 valence electrons. The highest BCUT2D eigenvalue weighted by Crippen LogP contribution is 2.34. The van der Waals surface area contributed by atoms with E-state index in [2.05, 4.69) is 67.3 Å². The van der Waals surface area contributed by atoms with Crippen LogP contribution >= 0.6 is 0 Å². The molecule has 34 heavy (non-hydrogen) atoms. The van der Waals surface area contributed by atoms with Crippen LogP contribution in [0.3, 0.4) is 0 Å². The number of hydrogen-bond donors (Lipinski definition) is 1. The maximum absolute atomic E-state index is 12.9. The molecule has 0 radical (unpaired) electrons. The Kier molecular flexibility index (Phi) is 7.53. The Balaban J connectivity index is 1.46. The van der Waals surface area contributed by atoms with E-state index < -0.39 is 0 Å². The zero-order chi connectivity index (χ0) is 24.1. The number of rotatable bonds is 9. The summed E-state index contributed by atoms with van der Waals surface area (Å²) in [4.78, 5) is 15.2. The molecule has 2 heterocycles. The van der Waals surface area contributed by atoms with Gasteiger partial charge >= 0.3 is 0 Å². The summed E-state index contributed by atoms with van der Waals surface area (Å²) < 4.78 is 16.7. The minimum Gasteiger partial charge on any atom is -0.486 e. The van der Waals surface area contributed by atoms with Crippen LogP contribution in [0.1, 0.15) is 61.3 Å². The van der Waals surface area contributed by atoms with Gasteiger partial charge in [0, 0.05) is 18.2 Å². The molecule has 1 N–H and O–H groups in total. The van der Waals surface area contributed by atoms with Crippen molar-refractivity contribution in [3.05, 3.63) is 65.4 Å². The van der Waals surface area contributed by atoms with Gasteiger partial charge in [-0.2, -0.15) is 0 Å². The maximum Gasteiger partial charge on any atom is 0.273 e. The molecular weight excluding hydrogens is 430 g/mol. The predicted molar refractivity (Wildman–Crippen MR) is 131 cm³/mol. The lowest BCUT2D eigenvalue weighted by molar-refractivity contribution is 0.0926. The molecule has 4 rings (SSSR count). The van der Waals surface area contributed by atoms with Gasteiger partial charge in [0.15, 0.2) is 23.0 Å². The van der Waals surface area contributed by atoms with E-state index >= 15 is 0 Å². The molecule has 0 saturated heterocycles. The van der Waals surface area contributed by atoms with E-state index in [0.717, 1.165) is 18.7 Å². The van der Waals surface area contributed by atoms with Gasteiger partial charge in [-0.15, -0.1) is 0 Å². The van der Waals surface area contributed by atoms with E-state index in [1.54, 1.807) is 6.07 Å². The molecule has 0 bridgehead atoms. The SMILES string of the molecule is CCN(CC)[C@H](CNC(=O)c1cc(-c2ccc3c(c2)OCCO3)on1)c1ccc(C(C)C)cc1. The fourth-order valence-electron chi connectivity index (χ4n) is 4.22. The molecule has 3 aromatic rings. The molecule has 1 aliphatic rings. The van der Waals surface area contributed by atoms with Crippen LogP contribution in [0, 0.1) is 0 Å². The molecule has 1 atom stereocenters. The number of aromatic nitrogens is 1. The number of hydrogen-bond acceptors (Lipinski definition) is 6. The third kappa shape index (κ3) is 5.25. The van der Waals surface area contributed by atoms with Crippen molar-refractivity contribution in [2.75, 3.05) is 32.8 Å². The highest BCUT2D eigenvalue weighted by molar-refractivity contribution is 5.93. The van der Waals surface area contributed by atoms with Gasteiger partial charge in [0.1, 0.15) is 13.2 Å². The van der Waals surface area contributed by atoms with Crippen molar-refractivity contribution in [3.8, 4) is 22.8 Å². The molecule has 7 heteroatoms. The lowest BCUT2D eigenvalue weighted by atomic mass is 9.98. The van der Waals surface area contributed by atoms with Crippen LogP contribution in [0.2, 0.25) is 0 Å². The number of nitrogens with zero attached hydrogens (tertiary/aromatic N) is 2. The van der Waals surface area contributed by atoms with Crippen LogP contribution in [0.15, 0.2) is 53.1 Å². The summed E-state index contributed by atoms with van der Waals surface area (Å²) in [5.74, 6) is 2.10. The van der Waals surface area contributed by atoms with Gasteiger partial charge in [-0.05, 0) is 48.3 Å². The van der Waals surface area contributed by atoms with Crippen LogP contribution in [0.4, 0.5) is 0 Å². The van der Waals surface area contributed by atoms with Crippen molar-refractivity contribution in [2.45, 2.75) is 39.7 Å². The Morgan fingerprint density at radius 3 is 2.32 bits per heavy atom. The Hall–Kier alpha value is -3.32. The van der Waals surface area contributed by atoms with E-state index in [9.17, 15) is 4.79 Å². The Labute approximate surface area is 201 Å². The van der Waals surface area contributed by atoms with E-state index in [-0.39, 0.29) is 17.6 Å². The molecule has 0 spiro atoms. The number of nitrogens with one attached hydrogen (secondary N) is 1. The number of carbonyl (C=O) groups is 1. The van der Waals surface area contributed by atoms with Gasteiger partial charge < -0.3 is 19.3 Å². The topological polar surface area (TPSA) is 76.8 Å². The second-order valence-electron chi connectivity index (χ2n) is 8.70. The van der Waals surface area contributed by atoms with Crippen molar-refractivity contribution in [3.63, 3.8) is 0 Å². The van der Waals surface area contributed by atoms with Gasteiger partial charge in [-0.3, -0.25) is 9.69 Å². The maximum atomic E-state index is 12.9. The monoisotopic (exact) mass is 463 g/mol. The first-order valence-electron chi connectivity index (χ1n) is 12.0. The fourth-order valence-corrected chi connectivity index (χ4v) is 4.22. The van der Waals surface area contributed by atoms with E-state index in [1.807, 2.05) is 18.2 Å². The molecular formula is C27H33N3O4. The molecule has 1 aliphatic heterocycles. The van der Waals surface area contributed by atoms with Crippen LogP contribution in [0.5, 0.6) is 11.5 Å². The summed E-state index contributed by atoms with van der Waals surface area (Å²) in [5.41, 5.74) is 3.52. The Morgan fingerprint density at radius 1 is 0.971 bits per heavy atom. The molecule has 0 aliphatic carbocycles. The van der Waals surface area contributed by atoms with E-state index in [0.29, 0.717) is 42.9 Å². The average molecular weight is 464 g/mol. The van der Waals surface area contributed by atoms with Crippen LogP contribution in [-0.2, 0) is 0 Å². The molecule has 0 saturated carbocycles. The van der Waals surface area contributed by atoms with Gasteiger partial charge in [-0.1, -0.05) is 57.1 Å². The summed E-state index contributed by atoms with van der Waals surface area (Å²) in [6.07, 6.45) is 0. The van der Waals surface area contributed by atoms with Gasteiger partial charge in [0.05, 0.1) is 6.04 Å². The number of likely N-dealkylation sites (N-methyl/N-ethyl adjacent to an activating group) is 1. The number of fused-ring (bicyclic) bond motifs is 1. The van der Waals surface area contributed by atoms with E-state index in [4.69, 9.17) is 14.0 Å². The van der Waals surface area contributed by atoms with Crippen LogP contribution in [0.25, 0.3) is 11.3 Å². The first-order valence-corrected chi connectivity index (χ1v) is 12.0. The fraction of sp³-hybridized carbons (Fsp3) is 0.407. The summed E-state index contributed by atoms with van der Waals surface area (Å²) in [5, 5.41) is 7.05. The average Bonchev–Trinajstić information content (AvgIpc) is 3.37. The van der Waals surface area contributed by atoms with Crippen molar-refractivity contribution < 1.29 is 18.8 Å². The molecule has 1 aromatic heterocycles. The molecule has 2 aromatic carbocycles. The van der Waals surface area contributed by atoms with Crippen molar-refractivity contribution in [1.29, 1.82) is 0 Å². The minimum atomic E-state index is -0.261. The predicted octanol–water partition coefficient (Wildman–Crippen LogP) is 5.05. The zero-order valence-corrected chi connectivity index (χ0v) is 20.3. The van der Waals surface area contributed by atoms with Crippen LogP contribution < -0.4 is 14.8 Å². The standard InChI is InChI=1S/C27H33N3O4/c1-5-30(6-2)23(20-9-7-19(8-10-20)18(3)4)17-28-27(31)22-16-25(34-29-22)21-11-12-24-26(15-21)33-14-13-32-24/h7-12,15-16,18,23H,5-6,13-14,17H2,1-4H3,(H,28,31)/t23-/m1/s1. The second kappa shape index (κ2) is 10.7.